The fourth-order valence-electron chi connectivity index (χ4n) is 3.88. The molecule has 1 aliphatic heterocycles. The van der Waals surface area contributed by atoms with Gasteiger partial charge in [0, 0.05) is 6.54 Å². The number of nitrogens with zero attached hydrogens (tertiary/aromatic N) is 1. The summed E-state index contributed by atoms with van der Waals surface area (Å²) in [6.45, 7) is 6.67. The quantitative estimate of drug-likeness (QED) is 0.279. The average Bonchev–Trinajstić information content (AvgIpc) is 3.43. The highest BCUT2D eigenvalue weighted by Crippen LogP contribution is 2.28. The highest BCUT2D eigenvalue weighted by atomic mass is 19.4. The summed E-state index contributed by atoms with van der Waals surface area (Å²) >= 11 is 0. The molecule has 4 unspecified atom stereocenters. The van der Waals surface area contributed by atoms with Gasteiger partial charge in [-0.05, 0) is 38.2 Å². The number of carboxylic acids is 1. The van der Waals surface area contributed by atoms with E-state index in [2.05, 4.69) is 16.0 Å². The molecule has 0 aromatic heterocycles. The summed E-state index contributed by atoms with van der Waals surface area (Å²) in [5.74, 6) is -6.74. The number of ketones is 1. The molecule has 2 rings (SSSR count). The van der Waals surface area contributed by atoms with Crippen molar-refractivity contribution in [2.45, 2.75) is 83.7 Å². The van der Waals surface area contributed by atoms with Crippen LogP contribution in [-0.4, -0.2) is 88.6 Å². The van der Waals surface area contributed by atoms with Crippen molar-refractivity contribution in [1.29, 1.82) is 0 Å². The lowest BCUT2D eigenvalue weighted by Gasteiger charge is -2.29. The molecule has 1 aromatic rings. The molecule has 1 aliphatic rings. The minimum atomic E-state index is -5.82. The van der Waals surface area contributed by atoms with Crippen molar-refractivity contribution in [2.75, 3.05) is 6.54 Å². The topological polar surface area (TPSA) is 171 Å². The Bertz CT molecular complexity index is 1190. The maximum Gasteiger partial charge on any atom is 0.459 e. The molecule has 0 radical (unpaired) electrons. The molecule has 0 bridgehead atoms. The van der Waals surface area contributed by atoms with Gasteiger partial charge in [0.2, 0.25) is 17.7 Å². The van der Waals surface area contributed by atoms with Crippen molar-refractivity contribution < 1.29 is 65.0 Å². The maximum atomic E-state index is 13.0. The predicted molar refractivity (Wildman–Crippen MR) is 143 cm³/mol. The number of carbonyl (C=O) groups excluding carboxylic acids is 5. The summed E-state index contributed by atoms with van der Waals surface area (Å²) in [7, 11) is 0. The van der Waals surface area contributed by atoms with E-state index in [1.165, 1.54) is 18.7 Å². The Morgan fingerprint density at radius 1 is 0.889 bits per heavy atom. The second kappa shape index (κ2) is 16.6. The smallest absolute Gasteiger partial charge is 0.459 e. The largest absolute Gasteiger partial charge is 0.480 e. The number of halogens is 6. The Labute approximate surface area is 253 Å². The van der Waals surface area contributed by atoms with Crippen molar-refractivity contribution in [3.05, 3.63) is 35.9 Å². The number of nitrogens with one attached hydrogen (secondary N) is 3. The molecule has 12 nitrogen and oxygen atoms in total. The van der Waals surface area contributed by atoms with Crippen molar-refractivity contribution in [2.24, 2.45) is 5.92 Å². The summed E-state index contributed by atoms with van der Waals surface area (Å²) in [5.41, 5.74) is 0.797. The molecule has 0 saturated carbocycles. The number of ether oxygens (including phenoxy) is 1. The van der Waals surface area contributed by atoms with Gasteiger partial charge in [0.15, 0.2) is 0 Å². The predicted octanol–water partition coefficient (Wildman–Crippen LogP) is 2.70. The Balaban J connectivity index is 0.000000868. The molecule has 1 fully saturated rings. The minimum Gasteiger partial charge on any atom is -0.480 e. The van der Waals surface area contributed by atoms with Crippen LogP contribution in [0.15, 0.2) is 30.3 Å². The number of Topliss-reactive ketones (excluding diaryl/α,β-unsaturated/α-hetero) is 1. The van der Waals surface area contributed by atoms with Gasteiger partial charge in [0.05, 0.1) is 0 Å². The molecule has 1 aromatic carbocycles. The van der Waals surface area contributed by atoms with Gasteiger partial charge in [-0.15, -0.1) is 0 Å². The number of hydrogen-bond donors (Lipinski definition) is 4. The Kier molecular flexibility index (Phi) is 14.3. The van der Waals surface area contributed by atoms with Gasteiger partial charge < -0.3 is 30.7 Å². The van der Waals surface area contributed by atoms with Crippen LogP contribution in [0.1, 0.15) is 46.1 Å². The molecule has 4 N–H and O–H groups in total. The van der Waals surface area contributed by atoms with Gasteiger partial charge in [-0.25, -0.2) is 9.59 Å². The second-order valence-electron chi connectivity index (χ2n) is 10.2. The summed E-state index contributed by atoms with van der Waals surface area (Å²) in [5, 5.41) is 16.8. The van der Waals surface area contributed by atoms with Crippen LogP contribution in [0.4, 0.5) is 31.1 Å². The molecule has 45 heavy (non-hydrogen) atoms. The molecular weight excluding hydrogens is 622 g/mol. The highest BCUT2D eigenvalue weighted by Gasteiger charge is 2.55. The first-order valence-corrected chi connectivity index (χ1v) is 13.5. The van der Waals surface area contributed by atoms with E-state index in [4.69, 9.17) is 4.74 Å². The van der Waals surface area contributed by atoms with E-state index in [9.17, 15) is 60.2 Å². The molecule has 0 spiro atoms. The second-order valence-corrected chi connectivity index (χ2v) is 10.2. The van der Waals surface area contributed by atoms with Crippen LogP contribution in [0.3, 0.4) is 0 Å². The summed E-state index contributed by atoms with van der Waals surface area (Å²) in [4.78, 5) is 72.1. The Hall–Kier alpha value is -4.38. The van der Waals surface area contributed by atoms with E-state index in [1.54, 1.807) is 26.0 Å². The normalized spacial score (nSPS) is 16.8. The van der Waals surface area contributed by atoms with Crippen LogP contribution in [0.5, 0.6) is 0 Å². The van der Waals surface area contributed by atoms with Crippen LogP contribution in [0.25, 0.3) is 0 Å². The highest BCUT2D eigenvalue weighted by molar-refractivity contribution is 5.94. The fourth-order valence-corrected chi connectivity index (χ4v) is 3.88. The molecule has 252 valence electrons. The van der Waals surface area contributed by atoms with Gasteiger partial charge in [-0.1, -0.05) is 44.2 Å². The summed E-state index contributed by atoms with van der Waals surface area (Å²) < 4.78 is 70.4. The van der Waals surface area contributed by atoms with Crippen LogP contribution in [0, 0.1) is 5.92 Å². The van der Waals surface area contributed by atoms with Gasteiger partial charge in [-0.2, -0.15) is 26.3 Å². The van der Waals surface area contributed by atoms with E-state index >= 15 is 0 Å². The van der Waals surface area contributed by atoms with Crippen molar-refractivity contribution >= 4 is 35.6 Å². The first-order chi connectivity index (χ1) is 20.7. The van der Waals surface area contributed by atoms with Gasteiger partial charge in [0.25, 0.3) is 0 Å². The molecular formula is C27H34F6N4O8. The third-order valence-corrected chi connectivity index (χ3v) is 6.25. The van der Waals surface area contributed by atoms with Crippen LogP contribution >= 0.6 is 0 Å². The van der Waals surface area contributed by atoms with E-state index in [-0.39, 0.29) is 12.5 Å². The van der Waals surface area contributed by atoms with Crippen LogP contribution < -0.4 is 16.0 Å². The number of alkyl halides is 6. The average molecular weight is 657 g/mol. The number of carbonyl (C=O) groups is 6. The van der Waals surface area contributed by atoms with Crippen molar-refractivity contribution in [3.8, 4) is 0 Å². The number of carboxylic acid groups (broad SMARTS) is 1. The van der Waals surface area contributed by atoms with E-state index < -0.39 is 72.1 Å². The molecule has 4 amide bonds. The number of rotatable bonds is 10. The number of likely N-dealkylation sites (tertiary alicyclic amines) is 1. The fraction of sp³-hybridized carbons (Fsp3) is 0.556. The Morgan fingerprint density at radius 3 is 1.91 bits per heavy atom. The number of amides is 4. The third kappa shape index (κ3) is 12.6. The van der Waals surface area contributed by atoms with Crippen LogP contribution in [-0.2, 0) is 35.3 Å². The zero-order valence-corrected chi connectivity index (χ0v) is 24.6. The zero-order valence-electron chi connectivity index (χ0n) is 24.6. The monoisotopic (exact) mass is 656 g/mol. The van der Waals surface area contributed by atoms with E-state index in [1.807, 2.05) is 18.2 Å². The SMILES string of the molecule is CC(NC(=O)OCc1ccccc1)C(=O)NC(C)C(=O)N1CCCC1C(=O)NC(C(=O)O)C(C)C.O=C(C(F)(F)F)C(F)(F)F. The lowest BCUT2D eigenvalue weighted by molar-refractivity contribution is -0.217. The number of aliphatic carboxylic acids is 1. The van der Waals surface area contributed by atoms with Crippen molar-refractivity contribution in [3.63, 3.8) is 0 Å². The van der Waals surface area contributed by atoms with E-state index in [0.29, 0.717) is 19.4 Å². The number of hydrogen-bond acceptors (Lipinski definition) is 7. The van der Waals surface area contributed by atoms with Gasteiger partial charge in [-0.3, -0.25) is 19.2 Å². The third-order valence-electron chi connectivity index (χ3n) is 6.25. The standard InChI is InChI=1S/C24H34N4O7.C3F6O/c1-14(2)19(23(32)33)27-21(30)18-11-8-12-28(18)22(31)16(4)25-20(29)15(3)26-24(34)35-13-17-9-6-5-7-10-17;4-2(5,6)1(10)3(7,8)9/h5-7,9-10,14-16,18-19H,8,11-13H2,1-4H3,(H,25,29)(H,26,34)(H,27,30)(H,32,33);. The summed E-state index contributed by atoms with van der Waals surface area (Å²) in [6.07, 6.45) is -11.4. The Morgan fingerprint density at radius 2 is 1.44 bits per heavy atom. The lowest BCUT2D eigenvalue weighted by atomic mass is 10.0. The lowest BCUT2D eigenvalue weighted by Crippen LogP contribution is -2.56. The first-order valence-electron chi connectivity index (χ1n) is 13.5. The maximum absolute atomic E-state index is 13.0. The molecule has 1 heterocycles. The van der Waals surface area contributed by atoms with Gasteiger partial charge in [0.1, 0.15) is 30.8 Å². The van der Waals surface area contributed by atoms with Crippen LogP contribution in [0.2, 0.25) is 0 Å². The molecule has 4 atom stereocenters. The zero-order chi connectivity index (χ0) is 34.7. The van der Waals surface area contributed by atoms with Crippen molar-refractivity contribution in [1.82, 2.24) is 20.9 Å². The first kappa shape index (κ1) is 38.6. The van der Waals surface area contributed by atoms with Gasteiger partial charge >= 0.3 is 30.2 Å². The molecule has 18 heteroatoms. The molecule has 1 saturated heterocycles. The molecule has 0 aliphatic carbocycles. The summed E-state index contributed by atoms with van der Waals surface area (Å²) in [6, 6.07) is 5.27. The van der Waals surface area contributed by atoms with E-state index in [0.717, 1.165) is 5.56 Å². The number of benzene rings is 1. The minimum absolute atomic E-state index is 0.0495. The number of alkyl carbamates (subject to hydrolysis) is 1.